The van der Waals surface area contributed by atoms with E-state index in [1.165, 1.54) is 23.9 Å². The van der Waals surface area contributed by atoms with E-state index in [1.807, 2.05) is 0 Å². The second-order valence-corrected chi connectivity index (χ2v) is 3.27. The average molecular weight is 227 g/mol. The van der Waals surface area contributed by atoms with E-state index in [2.05, 4.69) is 5.10 Å². The zero-order valence-corrected chi connectivity index (χ0v) is 8.22. The van der Waals surface area contributed by atoms with Gasteiger partial charge in [0.15, 0.2) is 0 Å². The number of hydrogen-bond donors (Lipinski definition) is 0. The SMILES string of the molecule is Cn1nc(C(F)F)c2cc([N+](=O)[O-])ccc21. The minimum atomic E-state index is -2.74. The summed E-state index contributed by atoms with van der Waals surface area (Å²) in [5, 5.41) is 14.3. The van der Waals surface area contributed by atoms with Crippen LogP contribution < -0.4 is 0 Å². The van der Waals surface area contributed by atoms with Gasteiger partial charge >= 0.3 is 0 Å². The molecular weight excluding hydrogens is 220 g/mol. The quantitative estimate of drug-likeness (QED) is 0.584. The number of alkyl halides is 2. The number of nitro benzene ring substituents is 1. The van der Waals surface area contributed by atoms with Gasteiger partial charge in [-0.1, -0.05) is 0 Å². The van der Waals surface area contributed by atoms with Crippen LogP contribution in [0.25, 0.3) is 10.9 Å². The number of benzene rings is 1. The molecule has 0 radical (unpaired) electrons. The first kappa shape index (κ1) is 10.5. The second kappa shape index (κ2) is 3.51. The Kier molecular flexibility index (Phi) is 2.30. The minimum absolute atomic E-state index is 0.117. The first-order valence-electron chi connectivity index (χ1n) is 4.40. The lowest BCUT2D eigenvalue weighted by Gasteiger charge is -1.95. The Morgan fingerprint density at radius 1 is 1.50 bits per heavy atom. The van der Waals surface area contributed by atoms with E-state index in [4.69, 9.17) is 0 Å². The Morgan fingerprint density at radius 2 is 2.19 bits per heavy atom. The van der Waals surface area contributed by atoms with Gasteiger partial charge in [-0.2, -0.15) is 5.10 Å². The summed E-state index contributed by atoms with van der Waals surface area (Å²) in [5.74, 6) is 0. The first-order chi connectivity index (χ1) is 7.50. The maximum atomic E-state index is 12.6. The molecule has 1 aromatic carbocycles. The van der Waals surface area contributed by atoms with Crippen LogP contribution in [-0.4, -0.2) is 14.7 Å². The number of nitrogens with zero attached hydrogens (tertiary/aromatic N) is 3. The van der Waals surface area contributed by atoms with Crippen molar-refractivity contribution in [3.05, 3.63) is 34.0 Å². The zero-order chi connectivity index (χ0) is 11.9. The Balaban J connectivity index is 2.74. The molecule has 0 fully saturated rings. The number of nitro groups is 1. The maximum absolute atomic E-state index is 12.6. The first-order valence-corrected chi connectivity index (χ1v) is 4.40. The molecule has 0 aliphatic heterocycles. The Hall–Kier alpha value is -2.05. The van der Waals surface area contributed by atoms with Crippen molar-refractivity contribution in [2.75, 3.05) is 0 Å². The van der Waals surface area contributed by atoms with Gasteiger partial charge in [0.25, 0.3) is 12.1 Å². The fourth-order valence-corrected chi connectivity index (χ4v) is 1.56. The Morgan fingerprint density at radius 3 is 2.75 bits per heavy atom. The largest absolute Gasteiger partial charge is 0.282 e. The number of halogens is 2. The van der Waals surface area contributed by atoms with Crippen LogP contribution in [0, 0.1) is 10.1 Å². The molecule has 2 rings (SSSR count). The van der Waals surface area contributed by atoms with Gasteiger partial charge in [0.2, 0.25) is 0 Å². The second-order valence-electron chi connectivity index (χ2n) is 3.27. The summed E-state index contributed by atoms with van der Waals surface area (Å²) in [6, 6.07) is 3.79. The summed E-state index contributed by atoms with van der Waals surface area (Å²) in [7, 11) is 1.51. The molecule has 0 unspecified atom stereocenters. The summed E-state index contributed by atoms with van der Waals surface area (Å²) in [6.07, 6.45) is -2.74. The van der Waals surface area contributed by atoms with Crippen molar-refractivity contribution in [3.63, 3.8) is 0 Å². The highest BCUT2D eigenvalue weighted by Crippen LogP contribution is 2.29. The molecule has 0 saturated carbocycles. The van der Waals surface area contributed by atoms with E-state index < -0.39 is 17.0 Å². The van der Waals surface area contributed by atoms with E-state index in [9.17, 15) is 18.9 Å². The van der Waals surface area contributed by atoms with Crippen LogP contribution in [0.1, 0.15) is 12.1 Å². The molecule has 0 spiro atoms. The Bertz CT molecular complexity index is 565. The van der Waals surface area contributed by atoms with Crippen molar-refractivity contribution >= 4 is 16.6 Å². The molecule has 1 heterocycles. The third-order valence-corrected chi connectivity index (χ3v) is 2.28. The molecule has 0 amide bonds. The summed E-state index contributed by atoms with van der Waals surface area (Å²) in [6.45, 7) is 0. The van der Waals surface area contributed by atoms with Gasteiger partial charge in [-0.3, -0.25) is 14.8 Å². The molecule has 0 N–H and O–H groups in total. The van der Waals surface area contributed by atoms with Gasteiger partial charge in [0, 0.05) is 24.6 Å². The highest BCUT2D eigenvalue weighted by molar-refractivity contribution is 5.84. The van der Waals surface area contributed by atoms with Gasteiger partial charge in [-0.25, -0.2) is 8.78 Å². The molecule has 16 heavy (non-hydrogen) atoms. The van der Waals surface area contributed by atoms with Crippen molar-refractivity contribution in [3.8, 4) is 0 Å². The summed E-state index contributed by atoms with van der Waals surface area (Å²) >= 11 is 0. The van der Waals surface area contributed by atoms with E-state index in [-0.39, 0.29) is 11.1 Å². The summed E-state index contributed by atoms with van der Waals surface area (Å²) in [4.78, 5) is 9.90. The highest BCUT2D eigenvalue weighted by atomic mass is 19.3. The topological polar surface area (TPSA) is 61.0 Å². The Labute approximate surface area is 88.4 Å². The third kappa shape index (κ3) is 1.50. The lowest BCUT2D eigenvalue weighted by molar-refractivity contribution is -0.384. The lowest BCUT2D eigenvalue weighted by atomic mass is 10.2. The molecular formula is C9H7F2N3O2. The molecule has 0 bridgehead atoms. The van der Waals surface area contributed by atoms with Crippen molar-refractivity contribution < 1.29 is 13.7 Å². The highest BCUT2D eigenvalue weighted by Gasteiger charge is 2.19. The van der Waals surface area contributed by atoms with Crippen molar-refractivity contribution in [2.24, 2.45) is 7.05 Å². The number of hydrogen-bond acceptors (Lipinski definition) is 3. The molecule has 0 saturated heterocycles. The van der Waals surface area contributed by atoms with Crippen molar-refractivity contribution in [1.29, 1.82) is 0 Å². The normalized spacial score (nSPS) is 11.2. The van der Waals surface area contributed by atoms with E-state index in [0.29, 0.717) is 5.52 Å². The molecule has 0 atom stereocenters. The number of aryl methyl sites for hydroxylation is 1. The molecule has 1 aromatic heterocycles. The zero-order valence-electron chi connectivity index (χ0n) is 8.22. The average Bonchev–Trinajstić information content (AvgIpc) is 2.56. The minimum Gasteiger partial charge on any atom is -0.267 e. The molecule has 2 aromatic rings. The van der Waals surface area contributed by atoms with E-state index in [1.54, 1.807) is 0 Å². The fourth-order valence-electron chi connectivity index (χ4n) is 1.56. The monoisotopic (exact) mass is 227 g/mol. The van der Waals surface area contributed by atoms with Crippen LogP contribution >= 0.6 is 0 Å². The van der Waals surface area contributed by atoms with Crippen LogP contribution in [0.3, 0.4) is 0 Å². The molecule has 0 aliphatic rings. The predicted molar refractivity (Wildman–Crippen MR) is 52.3 cm³/mol. The van der Waals surface area contributed by atoms with Gasteiger partial charge in [0.1, 0.15) is 5.69 Å². The van der Waals surface area contributed by atoms with Crippen LogP contribution in [-0.2, 0) is 7.05 Å². The van der Waals surface area contributed by atoms with Crippen LogP contribution in [0.5, 0.6) is 0 Å². The van der Waals surface area contributed by atoms with Crippen LogP contribution in [0.2, 0.25) is 0 Å². The van der Waals surface area contributed by atoms with E-state index >= 15 is 0 Å². The molecule has 84 valence electrons. The summed E-state index contributed by atoms with van der Waals surface area (Å²) in [5.41, 5.74) is -0.204. The standard InChI is InChI=1S/C9H7F2N3O2/c1-13-7-3-2-5(14(15)16)4-6(7)8(12-13)9(10)11/h2-4,9H,1H3. The van der Waals surface area contributed by atoms with Gasteiger partial charge in [0.05, 0.1) is 10.4 Å². The van der Waals surface area contributed by atoms with Crippen LogP contribution in [0.15, 0.2) is 18.2 Å². The van der Waals surface area contributed by atoms with Crippen molar-refractivity contribution in [1.82, 2.24) is 9.78 Å². The number of fused-ring (bicyclic) bond motifs is 1. The van der Waals surface area contributed by atoms with Gasteiger partial charge in [-0.05, 0) is 6.07 Å². The molecule has 5 nitrogen and oxygen atoms in total. The maximum Gasteiger partial charge on any atom is 0.282 e. The van der Waals surface area contributed by atoms with Crippen molar-refractivity contribution in [2.45, 2.75) is 6.43 Å². The van der Waals surface area contributed by atoms with Crippen LogP contribution in [0.4, 0.5) is 14.5 Å². The van der Waals surface area contributed by atoms with Gasteiger partial charge < -0.3 is 0 Å². The lowest BCUT2D eigenvalue weighted by Crippen LogP contribution is -1.91. The molecule has 7 heteroatoms. The van der Waals surface area contributed by atoms with E-state index in [0.717, 1.165) is 6.07 Å². The predicted octanol–water partition coefficient (Wildman–Crippen LogP) is 2.42. The number of rotatable bonds is 2. The summed E-state index contributed by atoms with van der Waals surface area (Å²) < 4.78 is 26.5. The fraction of sp³-hybridized carbons (Fsp3) is 0.222. The van der Waals surface area contributed by atoms with Gasteiger partial charge in [-0.15, -0.1) is 0 Å². The third-order valence-electron chi connectivity index (χ3n) is 2.28. The smallest absolute Gasteiger partial charge is 0.267 e. The number of aromatic nitrogens is 2. The number of non-ortho nitro benzene ring substituents is 1. The molecule has 0 aliphatic carbocycles.